The molecule has 0 bridgehead atoms. The second-order valence-corrected chi connectivity index (χ2v) is 6.51. The number of aromatic nitrogens is 1. The van der Waals surface area contributed by atoms with Gasteiger partial charge in [-0.1, -0.05) is 0 Å². The number of benzene rings is 2. The minimum absolute atomic E-state index is 0.0761. The van der Waals surface area contributed by atoms with Crippen molar-refractivity contribution in [3.63, 3.8) is 0 Å². The third-order valence-electron chi connectivity index (χ3n) is 4.39. The first-order valence-corrected chi connectivity index (χ1v) is 9.24. The number of nitro groups is 1. The van der Waals surface area contributed by atoms with Crippen LogP contribution < -0.4 is 19.5 Å². The summed E-state index contributed by atoms with van der Waals surface area (Å²) < 4.78 is 29.3. The number of carbonyl (C=O) groups is 1. The van der Waals surface area contributed by atoms with Crippen molar-refractivity contribution < 1.29 is 28.3 Å². The monoisotopic (exact) mass is 425 g/mol. The van der Waals surface area contributed by atoms with E-state index in [0.29, 0.717) is 17.9 Å². The summed E-state index contributed by atoms with van der Waals surface area (Å²) in [7, 11) is 0. The Bertz CT molecular complexity index is 1140. The molecule has 0 radical (unpaired) electrons. The Balaban J connectivity index is 1.47. The Morgan fingerprint density at radius 2 is 1.84 bits per heavy atom. The summed E-state index contributed by atoms with van der Waals surface area (Å²) in [6, 6.07) is 11.2. The number of hydrogen-bond acceptors (Lipinski definition) is 7. The van der Waals surface area contributed by atoms with Crippen LogP contribution in [0.4, 0.5) is 10.1 Å². The number of nitrogens with one attached hydrogen (secondary N) is 1. The highest BCUT2D eigenvalue weighted by Gasteiger charge is 2.26. The molecule has 10 heteroatoms. The molecule has 0 saturated heterocycles. The molecule has 158 valence electrons. The summed E-state index contributed by atoms with van der Waals surface area (Å²) in [6.45, 7) is 0.645. The first-order chi connectivity index (χ1) is 15.0. The molecule has 0 spiro atoms. The topological polar surface area (TPSA) is 113 Å². The van der Waals surface area contributed by atoms with Gasteiger partial charge in [0.15, 0.2) is 11.5 Å². The predicted octanol–water partition coefficient (Wildman–Crippen LogP) is 3.62. The van der Waals surface area contributed by atoms with E-state index in [9.17, 15) is 19.3 Å². The molecule has 31 heavy (non-hydrogen) atoms. The van der Waals surface area contributed by atoms with Crippen molar-refractivity contribution in [1.29, 1.82) is 0 Å². The largest absolute Gasteiger partial charge is 0.486 e. The fraction of sp³-hybridized carbons (Fsp3) is 0.143. The third-order valence-corrected chi connectivity index (χ3v) is 4.39. The van der Waals surface area contributed by atoms with E-state index in [-0.39, 0.29) is 47.6 Å². The predicted molar refractivity (Wildman–Crippen MR) is 106 cm³/mol. The van der Waals surface area contributed by atoms with Crippen molar-refractivity contribution in [3.8, 4) is 23.1 Å². The Hall–Kier alpha value is -4.21. The second-order valence-electron chi connectivity index (χ2n) is 6.51. The van der Waals surface area contributed by atoms with Gasteiger partial charge in [0.05, 0.1) is 11.0 Å². The number of fused-ring (bicyclic) bond motifs is 1. The minimum Gasteiger partial charge on any atom is -0.486 e. The van der Waals surface area contributed by atoms with E-state index in [1.54, 1.807) is 12.1 Å². The fourth-order valence-electron chi connectivity index (χ4n) is 2.93. The molecule has 0 unspecified atom stereocenters. The van der Waals surface area contributed by atoms with Gasteiger partial charge in [0.25, 0.3) is 11.6 Å². The lowest BCUT2D eigenvalue weighted by molar-refractivity contribution is -0.385. The summed E-state index contributed by atoms with van der Waals surface area (Å²) >= 11 is 0. The maximum atomic E-state index is 13.0. The van der Waals surface area contributed by atoms with E-state index in [1.807, 2.05) is 0 Å². The Morgan fingerprint density at radius 3 is 2.55 bits per heavy atom. The van der Waals surface area contributed by atoms with Gasteiger partial charge < -0.3 is 19.5 Å². The lowest BCUT2D eigenvalue weighted by atomic mass is 10.1. The first-order valence-electron chi connectivity index (χ1n) is 9.24. The van der Waals surface area contributed by atoms with Gasteiger partial charge in [-0.2, -0.15) is 0 Å². The molecule has 4 rings (SSSR count). The number of nitrogens with zero attached hydrogens (tertiary/aromatic N) is 2. The van der Waals surface area contributed by atoms with Crippen LogP contribution in [0.15, 0.2) is 54.7 Å². The molecule has 1 aromatic heterocycles. The Labute approximate surface area is 175 Å². The quantitative estimate of drug-likeness (QED) is 0.474. The van der Waals surface area contributed by atoms with Crippen LogP contribution in [0.2, 0.25) is 0 Å². The number of amides is 1. The lowest BCUT2D eigenvalue weighted by Crippen LogP contribution is -2.24. The average Bonchev–Trinajstić information content (AvgIpc) is 2.78. The lowest BCUT2D eigenvalue weighted by Gasteiger charge is -2.18. The number of hydrogen-bond donors (Lipinski definition) is 1. The van der Waals surface area contributed by atoms with E-state index in [1.165, 1.54) is 42.6 Å². The molecule has 0 atom stereocenters. The third kappa shape index (κ3) is 4.69. The number of carbonyl (C=O) groups excluding carboxylic acids is 1. The molecule has 0 fully saturated rings. The summed E-state index contributed by atoms with van der Waals surface area (Å²) in [5.41, 5.74) is 0.142. The zero-order valence-corrected chi connectivity index (χ0v) is 16.0. The molecule has 1 aliphatic rings. The van der Waals surface area contributed by atoms with Crippen molar-refractivity contribution in [2.24, 2.45) is 0 Å². The van der Waals surface area contributed by atoms with Crippen LogP contribution in [0.1, 0.15) is 15.9 Å². The van der Waals surface area contributed by atoms with Crippen molar-refractivity contribution in [1.82, 2.24) is 10.3 Å². The van der Waals surface area contributed by atoms with Gasteiger partial charge in [-0.15, -0.1) is 0 Å². The van der Waals surface area contributed by atoms with Gasteiger partial charge in [0, 0.05) is 24.9 Å². The molecule has 9 nitrogen and oxygen atoms in total. The van der Waals surface area contributed by atoms with Crippen LogP contribution in [0.3, 0.4) is 0 Å². The van der Waals surface area contributed by atoms with Crippen LogP contribution >= 0.6 is 0 Å². The fourth-order valence-corrected chi connectivity index (χ4v) is 2.93. The smallest absolute Gasteiger partial charge is 0.286 e. The molecule has 0 aliphatic carbocycles. The van der Waals surface area contributed by atoms with Crippen LogP contribution in [-0.4, -0.2) is 29.0 Å². The second kappa shape index (κ2) is 8.66. The van der Waals surface area contributed by atoms with E-state index in [4.69, 9.17) is 14.2 Å². The average molecular weight is 425 g/mol. The van der Waals surface area contributed by atoms with Crippen LogP contribution in [-0.2, 0) is 6.54 Å². The van der Waals surface area contributed by atoms with Crippen molar-refractivity contribution in [2.75, 3.05) is 13.2 Å². The molecule has 1 aliphatic heterocycles. The van der Waals surface area contributed by atoms with Gasteiger partial charge in [-0.25, -0.2) is 9.37 Å². The van der Waals surface area contributed by atoms with E-state index >= 15 is 0 Å². The van der Waals surface area contributed by atoms with Gasteiger partial charge in [0.2, 0.25) is 5.88 Å². The minimum atomic E-state index is -0.645. The Kier molecular flexibility index (Phi) is 5.61. The number of ether oxygens (including phenoxy) is 3. The number of nitro benzene ring substituents is 1. The summed E-state index contributed by atoms with van der Waals surface area (Å²) in [5, 5.41) is 14.0. The summed E-state index contributed by atoms with van der Waals surface area (Å²) in [4.78, 5) is 27.5. The van der Waals surface area contributed by atoms with E-state index in [2.05, 4.69) is 10.3 Å². The van der Waals surface area contributed by atoms with Gasteiger partial charge >= 0.3 is 0 Å². The van der Waals surface area contributed by atoms with Gasteiger partial charge in [-0.3, -0.25) is 14.9 Å². The number of pyridine rings is 1. The Morgan fingerprint density at radius 1 is 1.13 bits per heavy atom. The van der Waals surface area contributed by atoms with Crippen molar-refractivity contribution in [3.05, 3.63) is 81.8 Å². The SMILES string of the molecule is O=C(NCc1ccnc(Oc2ccc(F)cc2)c1)c1cc2c(cc1[N+](=O)[O-])OCCO2. The summed E-state index contributed by atoms with van der Waals surface area (Å²) in [6.07, 6.45) is 1.49. The standard InChI is InChI=1S/C21H16FN3O6/c22-14-1-3-15(4-2-14)31-20-9-13(5-6-23-20)12-24-21(26)16-10-18-19(30-8-7-29-18)11-17(16)25(27)28/h1-6,9-11H,7-8,12H2,(H,24,26). The molecular weight excluding hydrogens is 409 g/mol. The highest BCUT2D eigenvalue weighted by Crippen LogP contribution is 2.36. The molecule has 3 aromatic rings. The van der Waals surface area contributed by atoms with Gasteiger partial charge in [-0.05, 0) is 35.9 Å². The highest BCUT2D eigenvalue weighted by molar-refractivity contribution is 5.99. The number of halogens is 1. The summed E-state index contributed by atoms with van der Waals surface area (Å²) in [5.74, 6) is 0.143. The van der Waals surface area contributed by atoms with Crippen LogP contribution in [0.25, 0.3) is 0 Å². The van der Waals surface area contributed by atoms with E-state index < -0.39 is 10.8 Å². The normalized spacial score (nSPS) is 12.2. The first kappa shape index (κ1) is 20.1. The maximum absolute atomic E-state index is 13.0. The molecule has 2 aromatic carbocycles. The van der Waals surface area contributed by atoms with Gasteiger partial charge in [0.1, 0.15) is 30.3 Å². The zero-order valence-electron chi connectivity index (χ0n) is 16.0. The molecule has 2 heterocycles. The molecule has 0 saturated carbocycles. The van der Waals surface area contributed by atoms with Crippen molar-refractivity contribution >= 4 is 11.6 Å². The van der Waals surface area contributed by atoms with Crippen molar-refractivity contribution in [2.45, 2.75) is 6.54 Å². The molecule has 1 N–H and O–H groups in total. The number of rotatable bonds is 6. The zero-order chi connectivity index (χ0) is 21.8. The molecular formula is C21H16FN3O6. The van der Waals surface area contributed by atoms with Crippen LogP contribution in [0.5, 0.6) is 23.1 Å². The molecule has 1 amide bonds. The maximum Gasteiger partial charge on any atom is 0.286 e. The highest BCUT2D eigenvalue weighted by atomic mass is 19.1. The van der Waals surface area contributed by atoms with E-state index in [0.717, 1.165) is 0 Å². The van der Waals surface area contributed by atoms with Crippen LogP contribution in [0, 0.1) is 15.9 Å².